The number of nitrogens with one attached hydrogen (secondary N) is 2. The second-order valence-electron chi connectivity index (χ2n) is 4.43. The van der Waals surface area contributed by atoms with Gasteiger partial charge in [0.2, 0.25) is 0 Å². The van der Waals surface area contributed by atoms with Crippen LogP contribution in [0.4, 0.5) is 0 Å². The number of hydrogen-bond acceptors (Lipinski definition) is 2. The lowest BCUT2D eigenvalue weighted by Gasteiger charge is -2.40. The third-order valence-electron chi connectivity index (χ3n) is 3.45. The first kappa shape index (κ1) is 13.7. The zero-order chi connectivity index (χ0) is 12.0. The zero-order valence-corrected chi connectivity index (χ0v) is 11.5. The maximum atomic E-state index is 5.93. The SMILES string of the molecule is CCNC(=S)NC1CCOC(CC)(CC)C1. The Kier molecular flexibility index (Phi) is 5.49. The van der Waals surface area contributed by atoms with Crippen LogP contribution in [0, 0.1) is 0 Å². The molecule has 0 spiro atoms. The van der Waals surface area contributed by atoms with E-state index in [1.165, 1.54) is 0 Å². The lowest BCUT2D eigenvalue weighted by atomic mass is 9.86. The van der Waals surface area contributed by atoms with Gasteiger partial charge < -0.3 is 15.4 Å². The molecule has 0 aliphatic carbocycles. The summed E-state index contributed by atoms with van der Waals surface area (Å²) in [4.78, 5) is 0. The first-order chi connectivity index (χ1) is 7.65. The van der Waals surface area contributed by atoms with Crippen molar-refractivity contribution < 1.29 is 4.74 Å². The maximum absolute atomic E-state index is 5.93. The quantitative estimate of drug-likeness (QED) is 0.743. The highest BCUT2D eigenvalue weighted by atomic mass is 32.1. The Morgan fingerprint density at radius 2 is 2.06 bits per heavy atom. The van der Waals surface area contributed by atoms with Gasteiger partial charge in [0.15, 0.2) is 5.11 Å². The molecule has 1 aliphatic rings. The Hall–Kier alpha value is -0.350. The summed E-state index contributed by atoms with van der Waals surface area (Å²) in [6.45, 7) is 8.18. The molecule has 1 atom stereocenters. The molecule has 94 valence electrons. The van der Waals surface area contributed by atoms with Crippen molar-refractivity contribution in [3.8, 4) is 0 Å². The molecule has 1 aliphatic heterocycles. The van der Waals surface area contributed by atoms with Gasteiger partial charge in [0, 0.05) is 19.2 Å². The first-order valence-electron chi connectivity index (χ1n) is 6.34. The summed E-state index contributed by atoms with van der Waals surface area (Å²) in [6, 6.07) is 0.459. The van der Waals surface area contributed by atoms with Crippen LogP contribution >= 0.6 is 12.2 Å². The Morgan fingerprint density at radius 3 is 2.62 bits per heavy atom. The second kappa shape index (κ2) is 6.40. The Labute approximate surface area is 104 Å². The summed E-state index contributed by atoms with van der Waals surface area (Å²) >= 11 is 5.22. The van der Waals surface area contributed by atoms with Crippen molar-refractivity contribution in [2.75, 3.05) is 13.2 Å². The fourth-order valence-electron chi connectivity index (χ4n) is 2.29. The molecule has 1 rings (SSSR count). The van der Waals surface area contributed by atoms with Crippen LogP contribution in [0.25, 0.3) is 0 Å². The van der Waals surface area contributed by atoms with Crippen molar-refractivity contribution in [3.63, 3.8) is 0 Å². The highest BCUT2D eigenvalue weighted by Crippen LogP contribution is 2.31. The van der Waals surface area contributed by atoms with Gasteiger partial charge in [-0.2, -0.15) is 0 Å². The molecule has 0 radical (unpaired) electrons. The van der Waals surface area contributed by atoms with Crippen LogP contribution in [0.3, 0.4) is 0 Å². The molecule has 1 heterocycles. The molecule has 4 heteroatoms. The lowest BCUT2D eigenvalue weighted by Crippen LogP contribution is -2.50. The number of ether oxygens (including phenoxy) is 1. The van der Waals surface area contributed by atoms with Crippen LogP contribution in [0.1, 0.15) is 46.5 Å². The van der Waals surface area contributed by atoms with Gasteiger partial charge in [-0.05, 0) is 44.8 Å². The third kappa shape index (κ3) is 3.59. The van der Waals surface area contributed by atoms with E-state index < -0.39 is 0 Å². The second-order valence-corrected chi connectivity index (χ2v) is 4.84. The molecule has 16 heavy (non-hydrogen) atoms. The summed E-state index contributed by atoms with van der Waals surface area (Å²) in [7, 11) is 0. The van der Waals surface area contributed by atoms with Gasteiger partial charge in [0.05, 0.1) is 5.60 Å². The highest BCUT2D eigenvalue weighted by Gasteiger charge is 2.34. The third-order valence-corrected chi connectivity index (χ3v) is 3.72. The van der Waals surface area contributed by atoms with Crippen molar-refractivity contribution in [3.05, 3.63) is 0 Å². The van der Waals surface area contributed by atoms with E-state index in [-0.39, 0.29) is 5.60 Å². The van der Waals surface area contributed by atoms with Crippen LogP contribution in [-0.4, -0.2) is 29.9 Å². The Balaban J connectivity index is 2.47. The molecule has 1 unspecified atom stereocenters. The minimum atomic E-state index is 0.0672. The minimum absolute atomic E-state index is 0.0672. The average Bonchev–Trinajstić information content (AvgIpc) is 2.29. The Morgan fingerprint density at radius 1 is 1.38 bits per heavy atom. The molecule has 2 N–H and O–H groups in total. The molecule has 1 fully saturated rings. The number of hydrogen-bond donors (Lipinski definition) is 2. The van der Waals surface area contributed by atoms with Gasteiger partial charge in [-0.25, -0.2) is 0 Å². The molecular weight excluding hydrogens is 220 g/mol. The van der Waals surface area contributed by atoms with Crippen LogP contribution in [0.2, 0.25) is 0 Å². The van der Waals surface area contributed by atoms with Gasteiger partial charge in [0.1, 0.15) is 0 Å². The molecule has 0 aromatic carbocycles. The fraction of sp³-hybridized carbons (Fsp3) is 0.917. The van der Waals surface area contributed by atoms with Crippen LogP contribution in [-0.2, 0) is 4.74 Å². The van der Waals surface area contributed by atoms with E-state index in [1.54, 1.807) is 0 Å². The largest absolute Gasteiger partial charge is 0.375 e. The van der Waals surface area contributed by atoms with Crippen molar-refractivity contribution in [1.82, 2.24) is 10.6 Å². The summed E-state index contributed by atoms with van der Waals surface area (Å²) in [5, 5.41) is 7.29. The van der Waals surface area contributed by atoms with E-state index in [2.05, 4.69) is 31.4 Å². The van der Waals surface area contributed by atoms with Crippen molar-refractivity contribution >= 4 is 17.3 Å². The van der Waals surface area contributed by atoms with Crippen LogP contribution < -0.4 is 10.6 Å². The Bertz CT molecular complexity index is 229. The molecule has 0 amide bonds. The fourth-order valence-corrected chi connectivity index (χ4v) is 2.60. The molecule has 0 aromatic heterocycles. The minimum Gasteiger partial charge on any atom is -0.375 e. The van der Waals surface area contributed by atoms with E-state index in [1.807, 2.05) is 0 Å². The molecule has 3 nitrogen and oxygen atoms in total. The normalized spacial score (nSPS) is 23.8. The van der Waals surface area contributed by atoms with Gasteiger partial charge in [-0.1, -0.05) is 13.8 Å². The number of rotatable bonds is 4. The average molecular weight is 244 g/mol. The van der Waals surface area contributed by atoms with Gasteiger partial charge >= 0.3 is 0 Å². The number of thiocarbonyl (C=S) groups is 1. The van der Waals surface area contributed by atoms with Crippen molar-refractivity contribution in [2.24, 2.45) is 0 Å². The summed E-state index contributed by atoms with van der Waals surface area (Å²) in [6.07, 6.45) is 4.27. The molecular formula is C12H24N2OS. The van der Waals surface area contributed by atoms with E-state index in [0.717, 1.165) is 43.9 Å². The standard InChI is InChI=1S/C12H24N2OS/c1-4-12(5-2)9-10(7-8-15-12)14-11(16)13-6-3/h10H,4-9H2,1-3H3,(H2,13,14,16). The predicted molar refractivity (Wildman–Crippen MR) is 71.7 cm³/mol. The summed E-state index contributed by atoms with van der Waals surface area (Å²) in [5.41, 5.74) is 0.0672. The van der Waals surface area contributed by atoms with E-state index in [9.17, 15) is 0 Å². The summed E-state index contributed by atoms with van der Waals surface area (Å²) in [5.74, 6) is 0. The van der Waals surface area contributed by atoms with Gasteiger partial charge in [-0.3, -0.25) is 0 Å². The van der Waals surface area contributed by atoms with Crippen molar-refractivity contribution in [1.29, 1.82) is 0 Å². The van der Waals surface area contributed by atoms with E-state index in [0.29, 0.717) is 6.04 Å². The maximum Gasteiger partial charge on any atom is 0.166 e. The first-order valence-corrected chi connectivity index (χ1v) is 6.75. The lowest BCUT2D eigenvalue weighted by molar-refractivity contribution is -0.0910. The molecule has 1 saturated heterocycles. The molecule has 0 bridgehead atoms. The predicted octanol–water partition coefficient (Wildman–Crippen LogP) is 2.21. The van der Waals surface area contributed by atoms with Crippen molar-refractivity contribution in [2.45, 2.75) is 58.1 Å². The molecule has 0 saturated carbocycles. The van der Waals surface area contributed by atoms with Crippen LogP contribution in [0.5, 0.6) is 0 Å². The molecule has 0 aromatic rings. The highest BCUT2D eigenvalue weighted by molar-refractivity contribution is 7.80. The smallest absolute Gasteiger partial charge is 0.166 e. The van der Waals surface area contributed by atoms with E-state index >= 15 is 0 Å². The van der Waals surface area contributed by atoms with Crippen LogP contribution in [0.15, 0.2) is 0 Å². The summed E-state index contributed by atoms with van der Waals surface area (Å²) < 4.78 is 5.93. The van der Waals surface area contributed by atoms with E-state index in [4.69, 9.17) is 17.0 Å². The van der Waals surface area contributed by atoms with Gasteiger partial charge in [0.25, 0.3) is 0 Å². The topological polar surface area (TPSA) is 33.3 Å². The van der Waals surface area contributed by atoms with Gasteiger partial charge in [-0.15, -0.1) is 0 Å². The monoisotopic (exact) mass is 244 g/mol. The zero-order valence-electron chi connectivity index (χ0n) is 10.6.